The number of benzene rings is 2. The summed E-state index contributed by atoms with van der Waals surface area (Å²) in [5.74, 6) is 0.883. The Kier molecular flexibility index (Phi) is 10.9. The fourth-order valence-electron chi connectivity index (χ4n) is 4.83. The van der Waals surface area contributed by atoms with Gasteiger partial charge < -0.3 is 33.5 Å². The third-order valence-corrected chi connectivity index (χ3v) is 6.94. The molecule has 4 rings (SSSR count). The Morgan fingerprint density at radius 2 is 1.66 bits per heavy atom. The number of hydrogen-bond acceptors (Lipinski definition) is 8. The number of carbonyl (C=O) groups excluding carboxylic acids is 1. The molecule has 38 heavy (non-hydrogen) atoms. The molecule has 8 nitrogen and oxygen atoms in total. The maximum absolute atomic E-state index is 12.8. The van der Waals surface area contributed by atoms with Crippen LogP contribution in [0, 0.1) is 0 Å². The van der Waals surface area contributed by atoms with Crippen molar-refractivity contribution in [3.8, 4) is 17.2 Å². The van der Waals surface area contributed by atoms with Crippen LogP contribution in [0.3, 0.4) is 0 Å². The summed E-state index contributed by atoms with van der Waals surface area (Å²) in [6, 6.07) is 13.5. The number of esters is 1. The Balaban J connectivity index is 1.52. The number of nitrogens with zero attached hydrogens (tertiary/aromatic N) is 2. The zero-order chi connectivity index (χ0) is 26.6. The highest BCUT2D eigenvalue weighted by Gasteiger charge is 2.20. The van der Waals surface area contributed by atoms with Gasteiger partial charge in [-0.25, -0.2) is 4.79 Å². The predicted molar refractivity (Wildman–Crippen MR) is 146 cm³/mol. The highest BCUT2D eigenvalue weighted by atomic mass is 16.5. The van der Waals surface area contributed by atoms with Crippen LogP contribution < -0.4 is 14.2 Å². The molecule has 206 valence electrons. The van der Waals surface area contributed by atoms with Crippen molar-refractivity contribution in [3.05, 3.63) is 65.7 Å². The lowest BCUT2D eigenvalue weighted by Gasteiger charge is -2.23. The van der Waals surface area contributed by atoms with E-state index in [-0.39, 0.29) is 6.10 Å². The van der Waals surface area contributed by atoms with Crippen molar-refractivity contribution < 1.29 is 28.5 Å². The summed E-state index contributed by atoms with van der Waals surface area (Å²) in [5, 5.41) is 0. The van der Waals surface area contributed by atoms with Gasteiger partial charge in [0, 0.05) is 26.2 Å². The van der Waals surface area contributed by atoms with Gasteiger partial charge in [0.1, 0.15) is 6.61 Å². The monoisotopic (exact) mass is 524 g/mol. The molecule has 2 aliphatic rings. The molecule has 0 amide bonds. The van der Waals surface area contributed by atoms with E-state index in [1.54, 1.807) is 19.2 Å². The molecule has 0 spiro atoms. The lowest BCUT2D eigenvalue weighted by molar-refractivity contribution is 0.0486. The topological polar surface area (TPSA) is 69.7 Å². The molecule has 2 aromatic carbocycles. The number of fused-ring (bicyclic) bond motifs is 5. The Morgan fingerprint density at radius 1 is 0.895 bits per heavy atom. The SMILES string of the molecule is COc1cc2cc(c1OC)OC/C=C\C(OCc1ccccc1)CCN1CCCN(CCCOC2=O)CC1. The van der Waals surface area contributed by atoms with Crippen molar-refractivity contribution >= 4 is 5.97 Å². The highest BCUT2D eigenvalue weighted by molar-refractivity contribution is 5.91. The Labute approximate surface area is 226 Å². The van der Waals surface area contributed by atoms with Crippen LogP contribution in [0.2, 0.25) is 0 Å². The molecule has 4 bridgehead atoms. The standard InChI is InChI=1S/C30H40N2O6/c1-34-27-21-25-22-28(29(27)35-2)36-19-6-11-26(38-23-24-9-4-3-5-10-24)12-16-32-14-7-13-31(17-18-32)15-8-20-37-30(25)33/h3-6,9-11,21-22,26H,7-8,12-20,23H2,1-2H3/b11-6-. The van der Waals surface area contributed by atoms with Gasteiger partial charge in [-0.1, -0.05) is 36.4 Å². The highest BCUT2D eigenvalue weighted by Crippen LogP contribution is 2.38. The number of cyclic esters (lactones) is 1. The summed E-state index contributed by atoms with van der Waals surface area (Å²) in [4.78, 5) is 17.8. The second-order valence-electron chi connectivity index (χ2n) is 9.60. The first kappa shape index (κ1) is 28.0. The minimum atomic E-state index is -0.402. The summed E-state index contributed by atoms with van der Waals surface area (Å²) >= 11 is 0. The molecular formula is C30H40N2O6. The number of ether oxygens (including phenoxy) is 5. The average Bonchev–Trinajstić information content (AvgIpc) is 3.18. The van der Waals surface area contributed by atoms with Crippen LogP contribution in [0.4, 0.5) is 0 Å². The number of rotatable bonds is 5. The average molecular weight is 525 g/mol. The first-order chi connectivity index (χ1) is 18.7. The summed E-state index contributed by atoms with van der Waals surface area (Å²) in [6.07, 6.45) is 6.82. The van der Waals surface area contributed by atoms with E-state index in [0.29, 0.717) is 42.6 Å². The third kappa shape index (κ3) is 8.21. The second-order valence-corrected chi connectivity index (χ2v) is 9.60. The zero-order valence-electron chi connectivity index (χ0n) is 22.6. The summed E-state index contributed by atoms with van der Waals surface area (Å²) in [5.41, 5.74) is 1.52. The Hall–Kier alpha value is -3.07. The van der Waals surface area contributed by atoms with E-state index < -0.39 is 5.97 Å². The molecule has 1 fully saturated rings. The van der Waals surface area contributed by atoms with Gasteiger partial charge >= 0.3 is 5.97 Å². The normalized spacial score (nSPS) is 24.1. The number of hydrogen-bond donors (Lipinski definition) is 0. The molecule has 0 radical (unpaired) electrons. The molecule has 0 saturated carbocycles. The minimum Gasteiger partial charge on any atom is -0.493 e. The molecule has 0 aliphatic carbocycles. The smallest absolute Gasteiger partial charge is 0.338 e. The fourth-order valence-corrected chi connectivity index (χ4v) is 4.83. The quantitative estimate of drug-likeness (QED) is 0.426. The van der Waals surface area contributed by atoms with Crippen LogP contribution in [-0.2, 0) is 16.1 Å². The molecule has 8 heteroatoms. The van der Waals surface area contributed by atoms with Crippen LogP contribution >= 0.6 is 0 Å². The lowest BCUT2D eigenvalue weighted by atomic mass is 10.2. The van der Waals surface area contributed by atoms with Crippen molar-refractivity contribution in [1.82, 2.24) is 9.80 Å². The van der Waals surface area contributed by atoms with Gasteiger partial charge in [-0.15, -0.1) is 0 Å². The molecular weight excluding hydrogens is 484 g/mol. The maximum atomic E-state index is 12.8. The van der Waals surface area contributed by atoms with E-state index in [1.807, 2.05) is 24.3 Å². The van der Waals surface area contributed by atoms with E-state index in [1.165, 1.54) is 7.11 Å². The molecule has 2 aliphatic heterocycles. The van der Waals surface area contributed by atoms with Gasteiger partial charge in [0.15, 0.2) is 11.5 Å². The van der Waals surface area contributed by atoms with Gasteiger partial charge in [0.2, 0.25) is 5.75 Å². The molecule has 0 aromatic heterocycles. The maximum Gasteiger partial charge on any atom is 0.338 e. The van der Waals surface area contributed by atoms with Gasteiger partial charge in [-0.05, 0) is 56.1 Å². The molecule has 1 saturated heterocycles. The van der Waals surface area contributed by atoms with Gasteiger partial charge in [0.05, 0.1) is 39.1 Å². The van der Waals surface area contributed by atoms with E-state index in [2.05, 4.69) is 28.0 Å². The minimum absolute atomic E-state index is 0.0435. The van der Waals surface area contributed by atoms with E-state index in [9.17, 15) is 4.79 Å². The second kappa shape index (κ2) is 14.8. The summed E-state index contributed by atoms with van der Waals surface area (Å²) in [6.45, 7) is 7.30. The number of carbonyl (C=O) groups is 1. The lowest BCUT2D eigenvalue weighted by Crippen LogP contribution is -2.33. The molecule has 2 heterocycles. The van der Waals surface area contributed by atoms with Crippen molar-refractivity contribution in [3.63, 3.8) is 0 Å². The van der Waals surface area contributed by atoms with E-state index in [0.717, 1.165) is 64.1 Å². The number of methoxy groups -OCH3 is 2. The van der Waals surface area contributed by atoms with Crippen LogP contribution in [0.5, 0.6) is 17.2 Å². The molecule has 3 atom stereocenters. The third-order valence-electron chi connectivity index (χ3n) is 6.94. The van der Waals surface area contributed by atoms with E-state index in [4.69, 9.17) is 23.7 Å². The first-order valence-corrected chi connectivity index (χ1v) is 13.5. The first-order valence-electron chi connectivity index (χ1n) is 13.5. The Morgan fingerprint density at radius 3 is 2.42 bits per heavy atom. The van der Waals surface area contributed by atoms with Crippen molar-refractivity contribution in [1.29, 1.82) is 0 Å². The van der Waals surface area contributed by atoms with Crippen molar-refractivity contribution in [2.24, 2.45) is 0 Å². The van der Waals surface area contributed by atoms with Crippen molar-refractivity contribution in [2.45, 2.75) is 32.0 Å². The van der Waals surface area contributed by atoms with Gasteiger partial charge in [0.25, 0.3) is 0 Å². The molecule has 0 N–H and O–H groups in total. The fraction of sp³-hybridized carbons (Fsp3) is 0.500. The van der Waals surface area contributed by atoms with Crippen LogP contribution in [0.1, 0.15) is 35.2 Å². The van der Waals surface area contributed by atoms with Crippen LogP contribution in [0.25, 0.3) is 0 Å². The van der Waals surface area contributed by atoms with Crippen LogP contribution in [0.15, 0.2) is 54.6 Å². The summed E-state index contributed by atoms with van der Waals surface area (Å²) in [7, 11) is 3.09. The Bertz CT molecular complexity index is 1040. The van der Waals surface area contributed by atoms with Crippen LogP contribution in [-0.4, -0.2) is 88.6 Å². The molecule has 3 unspecified atom stereocenters. The predicted octanol–water partition coefficient (Wildman–Crippen LogP) is 4.18. The van der Waals surface area contributed by atoms with Crippen molar-refractivity contribution in [2.75, 3.05) is 66.7 Å². The molecule has 2 aromatic rings. The van der Waals surface area contributed by atoms with E-state index >= 15 is 0 Å². The zero-order valence-corrected chi connectivity index (χ0v) is 22.6. The van der Waals surface area contributed by atoms with Gasteiger partial charge in [-0.3, -0.25) is 0 Å². The largest absolute Gasteiger partial charge is 0.493 e. The summed E-state index contributed by atoms with van der Waals surface area (Å²) < 4.78 is 28.9. The van der Waals surface area contributed by atoms with Gasteiger partial charge in [-0.2, -0.15) is 0 Å².